The minimum Gasteiger partial charge on any atom is -0.486 e. The highest BCUT2D eigenvalue weighted by molar-refractivity contribution is 6.29. The largest absolute Gasteiger partial charge is 0.486 e. The summed E-state index contributed by atoms with van der Waals surface area (Å²) >= 11 is 5.84. The summed E-state index contributed by atoms with van der Waals surface area (Å²) in [6.45, 7) is 0.0867. The van der Waals surface area contributed by atoms with Gasteiger partial charge in [-0.1, -0.05) is 29.8 Å². The predicted molar refractivity (Wildman–Crippen MR) is 85.4 cm³/mol. The molecule has 23 heavy (non-hydrogen) atoms. The summed E-state index contributed by atoms with van der Waals surface area (Å²) in [6, 6.07) is 15.7. The Kier molecular flexibility index (Phi) is 4.53. The van der Waals surface area contributed by atoms with Gasteiger partial charge in [0.25, 0.3) is 0 Å². The minimum atomic E-state index is -0.513. The number of pyridine rings is 1. The number of nitrogens with zero attached hydrogens (tertiary/aromatic N) is 1. The highest BCUT2D eigenvalue weighted by Gasteiger charge is 2.08. The van der Waals surface area contributed by atoms with Gasteiger partial charge in [-0.2, -0.15) is 0 Å². The second-order valence-electron chi connectivity index (χ2n) is 4.91. The Balaban J connectivity index is 1.77. The van der Waals surface area contributed by atoms with Crippen LogP contribution in [0.25, 0.3) is 11.3 Å². The van der Waals surface area contributed by atoms with Crippen molar-refractivity contribution in [3.63, 3.8) is 0 Å². The van der Waals surface area contributed by atoms with Gasteiger partial charge in [-0.3, -0.25) is 0 Å². The van der Waals surface area contributed by atoms with Crippen molar-refractivity contribution in [3.05, 3.63) is 83.0 Å². The number of hydrogen-bond donors (Lipinski definition) is 0. The van der Waals surface area contributed by atoms with Gasteiger partial charge in [-0.05, 0) is 48.0 Å². The first-order chi connectivity index (χ1) is 11.1. The fourth-order valence-corrected chi connectivity index (χ4v) is 2.30. The van der Waals surface area contributed by atoms with E-state index in [1.165, 1.54) is 24.3 Å². The Bertz CT molecular complexity index is 839. The molecule has 0 saturated carbocycles. The van der Waals surface area contributed by atoms with Crippen LogP contribution in [0.5, 0.6) is 5.75 Å². The fraction of sp³-hybridized carbons (Fsp3) is 0.0556. The maximum Gasteiger partial charge on any atom is 0.165 e. The Hall–Kier alpha value is -2.46. The minimum absolute atomic E-state index is 0.0867. The van der Waals surface area contributed by atoms with Crippen molar-refractivity contribution in [1.29, 1.82) is 0 Å². The van der Waals surface area contributed by atoms with Crippen LogP contribution < -0.4 is 4.74 Å². The second kappa shape index (κ2) is 6.75. The molecule has 0 aliphatic rings. The molecule has 0 radical (unpaired) electrons. The Morgan fingerprint density at radius 3 is 2.52 bits per heavy atom. The van der Waals surface area contributed by atoms with Crippen LogP contribution in [0, 0.1) is 11.6 Å². The molecule has 0 aliphatic carbocycles. The smallest absolute Gasteiger partial charge is 0.165 e. The van der Waals surface area contributed by atoms with E-state index in [2.05, 4.69) is 4.98 Å². The van der Waals surface area contributed by atoms with Gasteiger partial charge in [0.2, 0.25) is 0 Å². The Morgan fingerprint density at radius 1 is 0.957 bits per heavy atom. The first kappa shape index (κ1) is 15.4. The van der Waals surface area contributed by atoms with Crippen LogP contribution in [-0.4, -0.2) is 4.98 Å². The average Bonchev–Trinajstić information content (AvgIpc) is 2.54. The van der Waals surface area contributed by atoms with Crippen molar-refractivity contribution in [3.8, 4) is 17.0 Å². The molecule has 0 atom stereocenters. The molecule has 1 heterocycles. The fourth-order valence-electron chi connectivity index (χ4n) is 2.13. The van der Waals surface area contributed by atoms with Crippen LogP contribution in [0.1, 0.15) is 5.56 Å². The summed E-state index contributed by atoms with van der Waals surface area (Å²) in [5.41, 5.74) is 1.81. The normalized spacial score (nSPS) is 10.6. The highest BCUT2D eigenvalue weighted by Crippen LogP contribution is 2.26. The van der Waals surface area contributed by atoms with E-state index < -0.39 is 5.82 Å². The molecule has 0 saturated heterocycles. The van der Waals surface area contributed by atoms with Crippen molar-refractivity contribution in [2.24, 2.45) is 0 Å². The lowest BCUT2D eigenvalue weighted by molar-refractivity contribution is 0.290. The molecule has 0 amide bonds. The molecule has 0 fully saturated rings. The molecular formula is C18H12ClF2NO. The maximum atomic E-state index is 14.2. The van der Waals surface area contributed by atoms with Gasteiger partial charge in [-0.25, -0.2) is 13.8 Å². The van der Waals surface area contributed by atoms with Gasteiger partial charge >= 0.3 is 0 Å². The van der Waals surface area contributed by atoms with Crippen LogP contribution in [-0.2, 0) is 6.61 Å². The summed E-state index contributed by atoms with van der Waals surface area (Å²) in [4.78, 5) is 4.13. The van der Waals surface area contributed by atoms with E-state index in [1.54, 1.807) is 36.4 Å². The van der Waals surface area contributed by atoms with E-state index >= 15 is 0 Å². The number of ether oxygens (including phenoxy) is 1. The van der Waals surface area contributed by atoms with Gasteiger partial charge in [-0.15, -0.1) is 0 Å². The third-order valence-corrected chi connectivity index (χ3v) is 3.44. The van der Waals surface area contributed by atoms with Crippen molar-refractivity contribution in [2.75, 3.05) is 0 Å². The first-order valence-corrected chi connectivity index (χ1v) is 7.29. The van der Waals surface area contributed by atoms with Gasteiger partial charge in [0.15, 0.2) is 11.6 Å². The molecule has 116 valence electrons. The number of benzene rings is 2. The van der Waals surface area contributed by atoms with Crippen LogP contribution >= 0.6 is 11.6 Å². The van der Waals surface area contributed by atoms with E-state index in [1.807, 2.05) is 0 Å². The first-order valence-electron chi connectivity index (χ1n) is 6.91. The molecule has 5 heteroatoms. The molecule has 2 aromatic carbocycles. The zero-order valence-corrected chi connectivity index (χ0v) is 12.7. The van der Waals surface area contributed by atoms with Crippen LogP contribution in [0.15, 0.2) is 60.7 Å². The van der Waals surface area contributed by atoms with Crippen LogP contribution in [0.2, 0.25) is 5.15 Å². The van der Waals surface area contributed by atoms with E-state index in [0.29, 0.717) is 22.0 Å². The number of hydrogen-bond acceptors (Lipinski definition) is 2. The van der Waals surface area contributed by atoms with Crippen molar-refractivity contribution >= 4 is 11.6 Å². The molecule has 3 rings (SSSR count). The monoisotopic (exact) mass is 331 g/mol. The zero-order chi connectivity index (χ0) is 16.2. The number of aromatic nitrogens is 1. The number of rotatable bonds is 4. The Labute approximate surface area is 137 Å². The molecule has 3 aromatic rings. The molecule has 2 nitrogen and oxygen atoms in total. The van der Waals surface area contributed by atoms with E-state index in [4.69, 9.17) is 16.3 Å². The van der Waals surface area contributed by atoms with Crippen LogP contribution in [0.3, 0.4) is 0 Å². The van der Waals surface area contributed by atoms with Crippen molar-refractivity contribution in [1.82, 2.24) is 4.98 Å². The SMILES string of the molecule is Fc1cccc(COc2ccc(-c3cccc(Cl)n3)cc2F)c1. The zero-order valence-electron chi connectivity index (χ0n) is 12.0. The Morgan fingerprint density at radius 2 is 1.78 bits per heavy atom. The maximum absolute atomic E-state index is 14.2. The van der Waals surface area contributed by atoms with Gasteiger partial charge < -0.3 is 4.74 Å². The molecular weight excluding hydrogens is 320 g/mol. The van der Waals surface area contributed by atoms with Gasteiger partial charge in [0.1, 0.15) is 17.6 Å². The summed E-state index contributed by atoms with van der Waals surface area (Å²) in [6.07, 6.45) is 0. The summed E-state index contributed by atoms with van der Waals surface area (Å²) in [5, 5.41) is 0.342. The van der Waals surface area contributed by atoms with Gasteiger partial charge in [0, 0.05) is 5.56 Å². The third-order valence-electron chi connectivity index (χ3n) is 3.23. The highest BCUT2D eigenvalue weighted by atomic mass is 35.5. The molecule has 0 spiro atoms. The molecule has 0 unspecified atom stereocenters. The quantitative estimate of drug-likeness (QED) is 0.608. The average molecular weight is 332 g/mol. The number of halogens is 3. The van der Waals surface area contributed by atoms with Gasteiger partial charge in [0.05, 0.1) is 5.69 Å². The lowest BCUT2D eigenvalue weighted by atomic mass is 10.1. The molecule has 0 bridgehead atoms. The topological polar surface area (TPSA) is 22.1 Å². The van der Waals surface area contributed by atoms with E-state index in [0.717, 1.165) is 0 Å². The predicted octanol–water partition coefficient (Wildman–Crippen LogP) is 5.26. The lowest BCUT2D eigenvalue weighted by Gasteiger charge is -2.09. The van der Waals surface area contributed by atoms with Crippen molar-refractivity contribution in [2.45, 2.75) is 6.61 Å². The van der Waals surface area contributed by atoms with Crippen LogP contribution in [0.4, 0.5) is 8.78 Å². The molecule has 0 aliphatic heterocycles. The lowest BCUT2D eigenvalue weighted by Crippen LogP contribution is -1.98. The summed E-state index contributed by atoms with van der Waals surface area (Å²) in [5.74, 6) is -0.769. The van der Waals surface area contributed by atoms with E-state index in [9.17, 15) is 8.78 Å². The summed E-state index contributed by atoms with van der Waals surface area (Å²) < 4.78 is 32.7. The van der Waals surface area contributed by atoms with E-state index in [-0.39, 0.29) is 18.2 Å². The third kappa shape index (κ3) is 3.85. The molecule has 0 N–H and O–H groups in total. The standard InChI is InChI=1S/C18H12ClF2NO/c19-18-6-2-5-16(22-18)13-7-8-17(15(21)10-13)23-11-12-3-1-4-14(20)9-12/h1-10H,11H2. The summed E-state index contributed by atoms with van der Waals surface area (Å²) in [7, 11) is 0. The van der Waals surface area contributed by atoms with Crippen molar-refractivity contribution < 1.29 is 13.5 Å². The second-order valence-corrected chi connectivity index (χ2v) is 5.30. The molecule has 1 aromatic heterocycles.